The van der Waals surface area contributed by atoms with Gasteiger partial charge in [-0.2, -0.15) is 5.26 Å². The lowest BCUT2D eigenvalue weighted by Crippen LogP contribution is -2.37. The van der Waals surface area contributed by atoms with Gasteiger partial charge in [-0.25, -0.2) is 0 Å². The predicted molar refractivity (Wildman–Crippen MR) is 167 cm³/mol. The maximum absolute atomic E-state index is 14.0. The zero-order valence-electron chi connectivity index (χ0n) is 26.0. The Hall–Kier alpha value is -2.73. The van der Waals surface area contributed by atoms with Gasteiger partial charge < -0.3 is 19.9 Å². The molecule has 0 bridgehead atoms. The first-order valence-electron chi connectivity index (χ1n) is 15.4. The summed E-state index contributed by atoms with van der Waals surface area (Å²) in [6.07, 6.45) is 1.63. The number of fused-ring (bicyclic) bond motifs is 1. The van der Waals surface area contributed by atoms with E-state index in [1.54, 1.807) is 11.3 Å². The van der Waals surface area contributed by atoms with Crippen molar-refractivity contribution >= 4 is 23.2 Å². The van der Waals surface area contributed by atoms with Gasteiger partial charge >= 0.3 is 0 Å². The van der Waals surface area contributed by atoms with Gasteiger partial charge in [-0.3, -0.25) is 9.59 Å². The van der Waals surface area contributed by atoms with E-state index in [1.807, 2.05) is 23.1 Å². The average Bonchev–Trinajstić information content (AvgIpc) is 3.72. The van der Waals surface area contributed by atoms with Crippen molar-refractivity contribution < 1.29 is 14.3 Å². The van der Waals surface area contributed by atoms with Crippen LogP contribution in [0, 0.1) is 29.1 Å². The number of nitrogens with zero attached hydrogens (tertiary/aromatic N) is 3. The molecule has 5 rings (SSSR count). The third-order valence-electron chi connectivity index (χ3n) is 9.00. The van der Waals surface area contributed by atoms with Gasteiger partial charge in [0.05, 0.1) is 29.7 Å². The molecular weight excluding hydrogens is 544 g/mol. The second kappa shape index (κ2) is 12.1. The molecule has 226 valence electrons. The van der Waals surface area contributed by atoms with E-state index in [-0.39, 0.29) is 34.6 Å². The van der Waals surface area contributed by atoms with Crippen LogP contribution in [0.5, 0.6) is 0 Å². The van der Waals surface area contributed by atoms with Gasteiger partial charge in [0.15, 0.2) is 0 Å². The van der Waals surface area contributed by atoms with Crippen molar-refractivity contribution in [1.82, 2.24) is 15.1 Å². The molecule has 1 N–H and O–H groups in total. The van der Waals surface area contributed by atoms with Crippen LogP contribution in [0.4, 0.5) is 0 Å². The standard InChI is InChI=1S/C34H46N4O3S/c1-33(2,3)29-26(16-35)28(30(42-29)34(4,5)6)32(40)38-19-24-17-37(18-25(24)20-38)14-12-27(22-10-8-7-9-11-22)36-31(39)23-13-15-41-21-23/h7-11,23-25,27H,12-15,17-21H2,1-6H3,(H,36,39)/t23?,24-,25?,27?/m0/s1. The highest BCUT2D eigenvalue weighted by Gasteiger charge is 2.44. The van der Waals surface area contributed by atoms with Gasteiger partial charge in [-0.05, 0) is 41.1 Å². The number of benzene rings is 1. The van der Waals surface area contributed by atoms with Gasteiger partial charge in [0, 0.05) is 49.1 Å². The number of ether oxygens (including phenoxy) is 1. The molecule has 2 amide bonds. The van der Waals surface area contributed by atoms with E-state index in [2.05, 4.69) is 70.0 Å². The molecule has 42 heavy (non-hydrogen) atoms. The van der Waals surface area contributed by atoms with Gasteiger partial charge in [0.1, 0.15) is 6.07 Å². The number of carbonyl (C=O) groups excluding carboxylic acids is 2. The van der Waals surface area contributed by atoms with Crippen molar-refractivity contribution in [2.24, 2.45) is 17.8 Å². The van der Waals surface area contributed by atoms with Gasteiger partial charge in [-0.1, -0.05) is 71.9 Å². The van der Waals surface area contributed by atoms with E-state index in [0.29, 0.717) is 36.2 Å². The minimum atomic E-state index is -0.216. The normalized spacial score (nSPS) is 23.5. The molecule has 0 aliphatic carbocycles. The van der Waals surface area contributed by atoms with Crippen LogP contribution in [-0.4, -0.2) is 67.6 Å². The fourth-order valence-electron chi connectivity index (χ4n) is 6.74. The number of thiophene rings is 1. The van der Waals surface area contributed by atoms with Crippen molar-refractivity contribution in [1.29, 1.82) is 5.26 Å². The lowest BCUT2D eigenvalue weighted by molar-refractivity contribution is -0.125. The lowest BCUT2D eigenvalue weighted by Gasteiger charge is -2.26. The summed E-state index contributed by atoms with van der Waals surface area (Å²) in [5, 5.41) is 13.5. The van der Waals surface area contributed by atoms with E-state index >= 15 is 0 Å². The van der Waals surface area contributed by atoms with Crippen LogP contribution in [0.25, 0.3) is 0 Å². The minimum Gasteiger partial charge on any atom is -0.381 e. The molecular formula is C34H46N4O3S. The van der Waals surface area contributed by atoms with E-state index in [9.17, 15) is 14.9 Å². The number of likely N-dealkylation sites (tertiary alicyclic amines) is 2. The molecule has 7 nitrogen and oxygen atoms in total. The second-order valence-corrected chi connectivity index (χ2v) is 15.5. The van der Waals surface area contributed by atoms with Gasteiger partial charge in [-0.15, -0.1) is 11.3 Å². The summed E-state index contributed by atoms with van der Waals surface area (Å²) in [5.41, 5.74) is 1.92. The average molecular weight is 591 g/mol. The summed E-state index contributed by atoms with van der Waals surface area (Å²) in [4.78, 5) is 33.5. The van der Waals surface area contributed by atoms with Gasteiger partial charge in [0.25, 0.3) is 5.91 Å². The van der Waals surface area contributed by atoms with Crippen molar-refractivity contribution in [3.63, 3.8) is 0 Å². The Morgan fingerprint density at radius 1 is 1.02 bits per heavy atom. The van der Waals surface area contributed by atoms with E-state index < -0.39 is 0 Å². The molecule has 3 aliphatic rings. The first kappa shape index (κ1) is 30.7. The molecule has 0 saturated carbocycles. The van der Waals surface area contributed by atoms with Crippen molar-refractivity contribution in [3.8, 4) is 6.07 Å². The quantitative estimate of drug-likeness (QED) is 0.460. The van der Waals surface area contributed by atoms with Crippen LogP contribution in [0.1, 0.15) is 91.7 Å². The Morgan fingerprint density at radius 3 is 2.21 bits per heavy atom. The maximum atomic E-state index is 14.0. The summed E-state index contributed by atoms with van der Waals surface area (Å²) in [5.74, 6) is 0.904. The number of amides is 2. The first-order valence-corrected chi connectivity index (χ1v) is 16.2. The largest absolute Gasteiger partial charge is 0.381 e. The highest BCUT2D eigenvalue weighted by atomic mass is 32.1. The van der Waals surface area contributed by atoms with E-state index in [1.165, 1.54) is 0 Å². The van der Waals surface area contributed by atoms with Gasteiger partial charge in [0.2, 0.25) is 5.91 Å². The Labute approximate surface area is 255 Å². The Morgan fingerprint density at radius 2 is 1.67 bits per heavy atom. The number of hydrogen-bond donors (Lipinski definition) is 1. The molecule has 1 aromatic heterocycles. The fourth-order valence-corrected chi connectivity index (χ4v) is 8.10. The summed E-state index contributed by atoms with van der Waals surface area (Å²) >= 11 is 1.64. The maximum Gasteiger partial charge on any atom is 0.256 e. The summed E-state index contributed by atoms with van der Waals surface area (Å²) in [7, 11) is 0. The summed E-state index contributed by atoms with van der Waals surface area (Å²) in [6.45, 7) is 18.2. The smallest absolute Gasteiger partial charge is 0.256 e. The highest BCUT2D eigenvalue weighted by molar-refractivity contribution is 7.13. The number of hydrogen-bond acceptors (Lipinski definition) is 6. The number of carbonyl (C=O) groups is 2. The van der Waals surface area contributed by atoms with Crippen molar-refractivity contribution in [2.75, 3.05) is 45.9 Å². The Balaban J connectivity index is 1.24. The zero-order chi connectivity index (χ0) is 30.2. The first-order chi connectivity index (χ1) is 19.9. The molecule has 3 saturated heterocycles. The van der Waals surface area contributed by atoms with E-state index in [4.69, 9.17) is 4.74 Å². The van der Waals surface area contributed by atoms with Crippen LogP contribution < -0.4 is 5.32 Å². The number of rotatable bonds is 7. The third kappa shape index (κ3) is 6.44. The molecule has 0 radical (unpaired) electrons. The number of nitriles is 1. The predicted octanol–water partition coefficient (Wildman–Crippen LogP) is 5.50. The summed E-state index contributed by atoms with van der Waals surface area (Å²) in [6, 6.07) is 12.6. The van der Waals surface area contributed by atoms with Crippen LogP contribution >= 0.6 is 11.3 Å². The monoisotopic (exact) mass is 590 g/mol. The van der Waals surface area contributed by atoms with E-state index in [0.717, 1.165) is 60.9 Å². The minimum absolute atomic E-state index is 0.0203. The number of nitrogens with one attached hydrogen (secondary N) is 1. The molecule has 1 aromatic carbocycles. The van der Waals surface area contributed by atoms with Crippen LogP contribution in [0.15, 0.2) is 30.3 Å². The molecule has 8 heteroatoms. The SMILES string of the molecule is CC(C)(C)c1sc(C(C)(C)C)c(C(=O)N2CC3CN(CCC(NC(=O)C4CCOC4)c4ccccc4)C[C@H]3C2)c1C#N. The Bertz CT molecular complexity index is 1310. The lowest BCUT2D eigenvalue weighted by atomic mass is 9.86. The Kier molecular flexibility index (Phi) is 8.85. The molecule has 2 aromatic rings. The van der Waals surface area contributed by atoms with Crippen molar-refractivity contribution in [2.45, 2.75) is 71.3 Å². The van der Waals surface area contributed by atoms with Crippen LogP contribution in [-0.2, 0) is 20.4 Å². The van der Waals surface area contributed by atoms with Crippen LogP contribution in [0.3, 0.4) is 0 Å². The second-order valence-electron chi connectivity index (χ2n) is 14.4. The highest BCUT2D eigenvalue weighted by Crippen LogP contribution is 2.43. The zero-order valence-corrected chi connectivity index (χ0v) is 26.9. The van der Waals surface area contributed by atoms with Crippen molar-refractivity contribution in [3.05, 3.63) is 56.8 Å². The third-order valence-corrected chi connectivity index (χ3v) is 11.0. The topological polar surface area (TPSA) is 85.7 Å². The van der Waals surface area contributed by atoms with Crippen LogP contribution in [0.2, 0.25) is 0 Å². The molecule has 4 atom stereocenters. The molecule has 3 fully saturated rings. The fraction of sp³-hybridized carbons (Fsp3) is 0.618. The molecule has 3 aliphatic heterocycles. The molecule has 3 unspecified atom stereocenters. The molecule has 0 spiro atoms. The summed E-state index contributed by atoms with van der Waals surface area (Å²) < 4.78 is 5.44. The molecule has 4 heterocycles.